The first-order chi connectivity index (χ1) is 44.9. The van der Waals surface area contributed by atoms with Gasteiger partial charge in [0.1, 0.15) is 29.7 Å². The maximum absolute atomic E-state index is 14.7. The van der Waals surface area contributed by atoms with E-state index in [-0.39, 0.29) is 86.9 Å². The van der Waals surface area contributed by atoms with Crippen LogP contribution < -0.4 is 40.2 Å². The predicted molar refractivity (Wildman–Crippen MR) is 350 cm³/mol. The smallest absolute Gasteiger partial charge is 0.341 e. The molecule has 0 spiro atoms. The number of aliphatic hydroxyl groups excluding tert-OH is 1. The summed E-state index contributed by atoms with van der Waals surface area (Å²) in [6, 6.07) is 32.8. The van der Waals surface area contributed by atoms with Crippen molar-refractivity contribution in [2.75, 3.05) is 50.2 Å². The van der Waals surface area contributed by atoms with Gasteiger partial charge in [0.15, 0.2) is 33.3 Å². The lowest BCUT2D eigenvalue weighted by atomic mass is 9.69. The van der Waals surface area contributed by atoms with E-state index in [1.807, 2.05) is 50.2 Å². The van der Waals surface area contributed by atoms with Crippen molar-refractivity contribution in [3.8, 4) is 34.5 Å². The Kier molecular flexibility index (Phi) is 24.6. The van der Waals surface area contributed by atoms with E-state index in [2.05, 4.69) is 40.4 Å². The first-order valence-corrected chi connectivity index (χ1v) is 33.0. The molecule has 10 rings (SSSR count). The highest BCUT2D eigenvalue weighted by Gasteiger charge is 2.38. The summed E-state index contributed by atoms with van der Waals surface area (Å²) in [5.74, 6) is -1.59. The molecule has 0 saturated carbocycles. The maximum Gasteiger partial charge on any atom is 0.341 e. The number of nitrogens with one attached hydrogen (secondary N) is 2. The predicted octanol–water partition coefficient (Wildman–Crippen LogP) is 15.0. The van der Waals surface area contributed by atoms with Crippen LogP contribution in [0.3, 0.4) is 0 Å². The molecule has 2 aliphatic rings. The fourth-order valence-electron chi connectivity index (χ4n) is 10.8. The zero-order chi connectivity index (χ0) is 66.4. The van der Waals surface area contributed by atoms with Gasteiger partial charge in [-0.3, -0.25) is 9.59 Å². The Morgan fingerprint density at radius 3 is 1.47 bits per heavy atom. The minimum Gasteiger partial charge on any atom is -0.490 e. The third kappa shape index (κ3) is 18.3. The van der Waals surface area contributed by atoms with E-state index in [0.717, 1.165) is 72.9 Å². The summed E-state index contributed by atoms with van der Waals surface area (Å²) in [6.07, 6.45) is 8.70. The van der Waals surface area contributed by atoms with E-state index in [4.69, 9.17) is 39.5 Å². The molecule has 6 aromatic carbocycles. The zero-order valence-corrected chi connectivity index (χ0v) is 53.8. The Morgan fingerprint density at radius 2 is 1.09 bits per heavy atom. The molecule has 0 unspecified atom stereocenters. The standard InChI is InChI=1S/C27H28FN5O5S.C27H29FN2O6S.C12H10N3OP/c1-3-36-25(35)19-7-6-18(14-21(19)28)38-23-15-20-17(13-22(23)37-11-9-31-33-29)5-4-8-27(20,2)16-24(34)32-26-30-10-12-39-26;1-3-34-25(33)19-7-6-18(14-21(19)28)36-23-15-20-17(13-22(23)35-11-10-31)5-4-8-27(20,2)16-24(32)30-26-29-9-12-37-26;13-14-15-17(16,11-7-3-1-4-8-11)12-9-5-2-6-10-12/h6-7,10,12-15H,3-5,8-9,11,16H2,1-2H3,(H,30,32,34);6-7,9,12-15,31H,3-5,8,10-11,16H2,1-2H3,(H,29,30,32);1-10H/t2*27-;/m11./s1. The van der Waals surface area contributed by atoms with Gasteiger partial charge < -0.3 is 48.7 Å². The molecule has 27 heteroatoms. The molecule has 0 fully saturated rings. The lowest BCUT2D eigenvalue weighted by Gasteiger charge is -2.36. The van der Waals surface area contributed by atoms with E-state index in [1.54, 1.807) is 85.5 Å². The molecule has 0 bridgehead atoms. The van der Waals surface area contributed by atoms with E-state index < -0.39 is 41.7 Å². The number of hydrogen-bond acceptors (Lipinski definition) is 17. The van der Waals surface area contributed by atoms with Crippen molar-refractivity contribution in [3.05, 3.63) is 210 Å². The Morgan fingerprint density at radius 1 is 0.634 bits per heavy atom. The van der Waals surface area contributed by atoms with Gasteiger partial charge in [0.2, 0.25) is 19.1 Å². The van der Waals surface area contributed by atoms with Gasteiger partial charge in [-0.05, 0) is 139 Å². The molecule has 2 aromatic heterocycles. The minimum atomic E-state index is -3.22. The topological polar surface area (TPSA) is 308 Å². The number of hydrogen-bond donors (Lipinski definition) is 3. The number of aliphatic hydroxyl groups is 1. The molecule has 2 atom stereocenters. The van der Waals surface area contributed by atoms with Gasteiger partial charge in [0.25, 0.3) is 0 Å². The molecule has 8 aromatic rings. The largest absolute Gasteiger partial charge is 0.490 e. The highest BCUT2D eigenvalue weighted by molar-refractivity contribution is 7.77. The first kappa shape index (κ1) is 69.2. The summed E-state index contributed by atoms with van der Waals surface area (Å²) in [5.41, 5.74) is 19.8. The van der Waals surface area contributed by atoms with Crippen molar-refractivity contribution in [2.24, 2.45) is 10.00 Å². The number of amides is 2. The monoisotopic (exact) mass is 1320 g/mol. The second-order valence-electron chi connectivity index (χ2n) is 21.6. The zero-order valence-electron chi connectivity index (χ0n) is 51.3. The number of esters is 2. The molecule has 2 amide bonds. The molecule has 0 aliphatic heterocycles. The number of benzene rings is 6. The Hall–Kier alpha value is -9.67. The second-order valence-corrected chi connectivity index (χ2v) is 25.7. The van der Waals surface area contributed by atoms with Crippen LogP contribution in [0.25, 0.3) is 20.9 Å². The molecule has 2 aliphatic carbocycles. The third-order valence-electron chi connectivity index (χ3n) is 15.0. The van der Waals surface area contributed by atoms with Crippen LogP contribution in [0.2, 0.25) is 0 Å². The van der Waals surface area contributed by atoms with Crippen LogP contribution in [0, 0.1) is 11.6 Å². The number of ether oxygens (including phenoxy) is 6. The first-order valence-electron chi connectivity index (χ1n) is 29.6. The number of carbonyl (C=O) groups is 4. The number of aromatic nitrogens is 2. The van der Waals surface area contributed by atoms with Crippen LogP contribution in [0.1, 0.15) is 109 Å². The number of anilines is 2. The van der Waals surface area contributed by atoms with Crippen LogP contribution in [-0.4, -0.2) is 78.4 Å². The number of aryl methyl sites for hydroxylation is 2. The highest BCUT2D eigenvalue weighted by atomic mass is 32.1. The number of rotatable bonds is 24. The summed E-state index contributed by atoms with van der Waals surface area (Å²) in [5, 5.41) is 24.3. The van der Waals surface area contributed by atoms with Crippen molar-refractivity contribution in [2.45, 2.75) is 89.9 Å². The van der Waals surface area contributed by atoms with Gasteiger partial charge in [0.05, 0.1) is 44.1 Å². The summed E-state index contributed by atoms with van der Waals surface area (Å²) < 4.78 is 75.6. The van der Waals surface area contributed by atoms with Crippen molar-refractivity contribution in [1.29, 1.82) is 0 Å². The van der Waals surface area contributed by atoms with Crippen LogP contribution in [-0.2, 0) is 47.3 Å². The number of halogens is 2. The highest BCUT2D eigenvalue weighted by Crippen LogP contribution is 2.48. The quantitative estimate of drug-likeness (QED) is 0.0127. The molecule has 22 nitrogen and oxygen atoms in total. The Labute approximate surface area is 542 Å². The lowest BCUT2D eigenvalue weighted by molar-refractivity contribution is -0.118. The van der Waals surface area contributed by atoms with Crippen LogP contribution in [0.15, 0.2) is 154 Å². The summed E-state index contributed by atoms with van der Waals surface area (Å²) in [7, 11) is -3.22. The SMILES string of the molecule is CCOC(=O)c1ccc(Oc2cc3c(cc2OCCN=[N+]=[N-])CCC[C@]3(C)CC(=O)Nc2nccs2)cc1F.CCOC(=O)c1ccc(Oc2cc3c(cc2OCCO)CCC[C@]3(C)CC(=O)Nc2nccs2)cc1F.[N-]=[N+]=NP(=O)(c1ccccc1)c1ccccc1. The molecule has 0 saturated heterocycles. The van der Waals surface area contributed by atoms with E-state index in [9.17, 15) is 37.6 Å². The molecule has 484 valence electrons. The van der Waals surface area contributed by atoms with E-state index in [1.165, 1.54) is 46.9 Å². The van der Waals surface area contributed by atoms with Crippen molar-refractivity contribution in [1.82, 2.24) is 9.97 Å². The summed E-state index contributed by atoms with van der Waals surface area (Å²) in [6.45, 7) is 7.72. The molecule has 3 N–H and O–H groups in total. The second kappa shape index (κ2) is 33.1. The van der Waals surface area contributed by atoms with Gasteiger partial charge >= 0.3 is 11.9 Å². The average Bonchev–Trinajstić information content (AvgIpc) is 1.12. The fraction of sp³-hybridized carbons (Fsp3) is 0.303. The van der Waals surface area contributed by atoms with Crippen LogP contribution >= 0.6 is 30.0 Å². The van der Waals surface area contributed by atoms with Crippen molar-refractivity contribution in [3.63, 3.8) is 0 Å². The van der Waals surface area contributed by atoms with Crippen molar-refractivity contribution < 1.29 is 66.1 Å². The molecule has 0 radical (unpaired) electrons. The normalized spacial score (nSPS) is 15.2. The third-order valence-corrected chi connectivity index (χ3v) is 18.7. The maximum atomic E-state index is 14.7. The lowest BCUT2D eigenvalue weighted by Crippen LogP contribution is -2.32. The molecular formula is C66H67F2N10O12PS2. The minimum absolute atomic E-state index is 0.0544. The average molecular weight is 1330 g/mol. The van der Waals surface area contributed by atoms with Crippen LogP contribution in [0.5, 0.6) is 34.5 Å². The number of fused-ring (bicyclic) bond motifs is 2. The van der Waals surface area contributed by atoms with Gasteiger partial charge in [-0.25, -0.2) is 28.3 Å². The van der Waals surface area contributed by atoms with Crippen LogP contribution in [0.4, 0.5) is 19.0 Å². The van der Waals surface area contributed by atoms with Gasteiger partial charge in [0, 0.05) is 79.4 Å². The Bertz CT molecular complexity index is 4010. The van der Waals surface area contributed by atoms with Crippen molar-refractivity contribution >= 4 is 74.6 Å². The summed E-state index contributed by atoms with van der Waals surface area (Å²) >= 11 is 2.71. The molecular weight excluding hydrogens is 1260 g/mol. The number of nitrogens with zero attached hydrogens (tertiary/aromatic N) is 8. The molecule has 93 heavy (non-hydrogen) atoms. The summed E-state index contributed by atoms with van der Waals surface area (Å²) in [4.78, 5) is 66.9. The number of carbonyl (C=O) groups excluding carboxylic acids is 4. The number of azide groups is 2. The van der Waals surface area contributed by atoms with Gasteiger partial charge in [-0.2, -0.15) is 0 Å². The van der Waals surface area contributed by atoms with E-state index in [0.29, 0.717) is 43.9 Å². The van der Waals surface area contributed by atoms with E-state index >= 15 is 0 Å². The van der Waals surface area contributed by atoms with Gasteiger partial charge in [-0.15, -0.1) is 22.7 Å². The van der Waals surface area contributed by atoms with Gasteiger partial charge in [-0.1, -0.05) is 79.6 Å². The molecule has 2 heterocycles. The number of thiazole rings is 2. The fourth-order valence-corrected chi connectivity index (χ4v) is 13.7. The Balaban J connectivity index is 0.000000192.